The first kappa shape index (κ1) is 5.73. The lowest BCUT2D eigenvalue weighted by atomic mass is 10.1. The van der Waals surface area contributed by atoms with Gasteiger partial charge in [-0.05, 0) is 25.5 Å². The van der Waals surface area contributed by atoms with E-state index in [-0.39, 0.29) is 6.54 Å². The molecule has 1 atom stereocenters. The number of aliphatic hydroxyl groups excluding tert-OH is 1. The van der Waals surface area contributed by atoms with E-state index in [2.05, 4.69) is 5.32 Å². The van der Waals surface area contributed by atoms with Gasteiger partial charge in [0.05, 0.1) is 6.10 Å². The Kier molecular flexibility index (Phi) is 2.34. The quantitative estimate of drug-likeness (QED) is 0.711. The third-order valence-electron chi connectivity index (χ3n) is 1.73. The van der Waals surface area contributed by atoms with E-state index < -0.39 is 13.1 Å². The molecule has 66 valence electrons. The van der Waals surface area contributed by atoms with Crippen LogP contribution in [0.1, 0.15) is 22.2 Å². The summed E-state index contributed by atoms with van der Waals surface area (Å²) >= 11 is 0. The van der Waals surface area contributed by atoms with Crippen LogP contribution < -0.4 is 5.32 Å². The first-order valence-electron chi connectivity index (χ1n) is 5.47. The van der Waals surface area contributed by atoms with Gasteiger partial charge >= 0.3 is 0 Å². The molecule has 0 aliphatic carbocycles. The minimum absolute atomic E-state index is 0.270. The predicted octanol–water partition coefficient (Wildman–Crippen LogP) is 1.33. The third kappa shape index (κ3) is 2.64. The zero-order valence-electron chi connectivity index (χ0n) is 9.83. The van der Waals surface area contributed by atoms with E-state index in [1.165, 1.54) is 0 Å². The maximum atomic E-state index is 9.69. The lowest BCUT2D eigenvalue weighted by molar-refractivity contribution is 0.168. The number of benzene rings is 1. The number of hydrogen-bond donors (Lipinski definition) is 2. The first-order chi connectivity index (χ1) is 6.99. The van der Waals surface area contributed by atoms with Crippen LogP contribution in [0.25, 0.3) is 0 Å². The van der Waals surface area contributed by atoms with Crippen molar-refractivity contribution in [2.45, 2.75) is 12.5 Å². The van der Waals surface area contributed by atoms with Gasteiger partial charge in [0.25, 0.3) is 0 Å². The maximum absolute atomic E-state index is 9.69. The number of aliphatic hydroxyl groups is 1. The van der Waals surface area contributed by atoms with Crippen molar-refractivity contribution < 1.29 is 9.22 Å². The molecule has 0 amide bonds. The van der Waals surface area contributed by atoms with Crippen LogP contribution in [0.5, 0.6) is 0 Å². The van der Waals surface area contributed by atoms with E-state index >= 15 is 0 Å². The summed E-state index contributed by atoms with van der Waals surface area (Å²) < 4.78 is 20.8. The molecule has 0 aliphatic rings. The molecule has 0 fully saturated rings. The summed E-state index contributed by atoms with van der Waals surface area (Å²) in [4.78, 5) is 0. The maximum Gasteiger partial charge on any atom is 0.0802 e. The zero-order chi connectivity index (χ0) is 11.3. The van der Waals surface area contributed by atoms with Crippen molar-refractivity contribution >= 4 is 0 Å². The Balaban J connectivity index is 2.34. The molecule has 12 heavy (non-hydrogen) atoms. The van der Waals surface area contributed by atoms with E-state index in [1.807, 2.05) is 30.3 Å². The molecule has 2 heteroatoms. The normalized spacial score (nSPS) is 17.6. The second kappa shape index (κ2) is 4.91. The van der Waals surface area contributed by atoms with Gasteiger partial charge in [-0.15, -0.1) is 0 Å². The van der Waals surface area contributed by atoms with Crippen molar-refractivity contribution in [3.63, 3.8) is 0 Å². The van der Waals surface area contributed by atoms with Gasteiger partial charge in [0.1, 0.15) is 0 Å². The van der Waals surface area contributed by atoms with Crippen LogP contribution in [0.2, 0.25) is 0 Å². The van der Waals surface area contributed by atoms with E-state index in [0.29, 0.717) is 6.42 Å². The highest BCUT2D eigenvalue weighted by Gasteiger charge is 2.04. The lowest BCUT2D eigenvalue weighted by Crippen LogP contribution is -2.11. The SMILES string of the molecule is [2H]C([2H])([2H])NCCC(O)c1ccccc1. The summed E-state index contributed by atoms with van der Waals surface area (Å²) in [5.41, 5.74) is 0.810. The van der Waals surface area contributed by atoms with Crippen molar-refractivity contribution in [1.29, 1.82) is 0 Å². The Morgan fingerprint density at radius 2 is 2.25 bits per heavy atom. The Hall–Kier alpha value is -0.860. The number of hydrogen-bond acceptors (Lipinski definition) is 2. The van der Waals surface area contributed by atoms with E-state index in [0.717, 1.165) is 5.56 Å². The fraction of sp³-hybridized carbons (Fsp3) is 0.400. The van der Waals surface area contributed by atoms with Gasteiger partial charge in [0, 0.05) is 4.11 Å². The molecule has 0 saturated carbocycles. The van der Waals surface area contributed by atoms with Gasteiger partial charge in [-0.3, -0.25) is 0 Å². The van der Waals surface area contributed by atoms with Gasteiger partial charge in [-0.1, -0.05) is 30.3 Å². The molecule has 1 unspecified atom stereocenters. The summed E-state index contributed by atoms with van der Waals surface area (Å²) in [7, 11) is 0. The molecular weight excluding hydrogens is 150 g/mol. The van der Waals surface area contributed by atoms with Crippen molar-refractivity contribution in [3.8, 4) is 0 Å². The Labute approximate surface area is 77.5 Å². The Bertz CT molecular complexity index is 286. The monoisotopic (exact) mass is 168 g/mol. The molecule has 0 aromatic heterocycles. The van der Waals surface area contributed by atoms with E-state index in [1.54, 1.807) is 0 Å². The topological polar surface area (TPSA) is 32.3 Å². The van der Waals surface area contributed by atoms with Gasteiger partial charge < -0.3 is 10.4 Å². The van der Waals surface area contributed by atoms with E-state index in [9.17, 15) is 5.11 Å². The Morgan fingerprint density at radius 1 is 1.50 bits per heavy atom. The third-order valence-corrected chi connectivity index (χ3v) is 1.73. The minimum Gasteiger partial charge on any atom is -0.388 e. The zero-order valence-corrected chi connectivity index (χ0v) is 6.83. The molecule has 1 aromatic carbocycles. The summed E-state index contributed by atoms with van der Waals surface area (Å²) in [6, 6.07) is 9.20. The van der Waals surface area contributed by atoms with Crippen molar-refractivity contribution in [1.82, 2.24) is 5.32 Å². The van der Waals surface area contributed by atoms with Gasteiger partial charge in [-0.25, -0.2) is 0 Å². The highest BCUT2D eigenvalue weighted by Crippen LogP contribution is 2.14. The molecule has 0 bridgehead atoms. The van der Waals surface area contributed by atoms with Gasteiger partial charge in [0.2, 0.25) is 0 Å². The van der Waals surface area contributed by atoms with E-state index in [4.69, 9.17) is 4.11 Å². The highest BCUT2D eigenvalue weighted by atomic mass is 16.3. The van der Waals surface area contributed by atoms with Crippen LogP contribution in [0.15, 0.2) is 30.3 Å². The van der Waals surface area contributed by atoms with Gasteiger partial charge in [-0.2, -0.15) is 0 Å². The second-order valence-corrected chi connectivity index (χ2v) is 2.64. The molecule has 2 nitrogen and oxygen atoms in total. The second-order valence-electron chi connectivity index (χ2n) is 2.64. The highest BCUT2D eigenvalue weighted by molar-refractivity contribution is 5.17. The molecule has 1 rings (SSSR count). The van der Waals surface area contributed by atoms with Crippen LogP contribution in [0, 0.1) is 0 Å². The van der Waals surface area contributed by atoms with Crippen molar-refractivity contribution in [3.05, 3.63) is 35.9 Å². The van der Waals surface area contributed by atoms with Crippen LogP contribution in [0.4, 0.5) is 0 Å². The average Bonchev–Trinajstić information content (AvgIpc) is 2.17. The molecule has 0 aliphatic heterocycles. The molecule has 0 spiro atoms. The standard InChI is InChI=1S/C10H15NO/c1-11-8-7-10(12)9-5-3-2-4-6-9/h2-6,10-12H,7-8H2,1H3/i1D3. The molecule has 0 heterocycles. The molecular formula is C10H15NO. The fourth-order valence-corrected chi connectivity index (χ4v) is 1.05. The van der Waals surface area contributed by atoms with Crippen LogP contribution in [-0.2, 0) is 0 Å². The summed E-state index contributed by atoms with van der Waals surface area (Å²) in [5, 5.41) is 12.1. The lowest BCUT2D eigenvalue weighted by Gasteiger charge is -2.09. The summed E-state index contributed by atoms with van der Waals surface area (Å²) in [6.45, 7) is -1.86. The summed E-state index contributed by atoms with van der Waals surface area (Å²) in [5.74, 6) is 0. The van der Waals surface area contributed by atoms with Crippen molar-refractivity contribution in [2.75, 3.05) is 13.5 Å². The van der Waals surface area contributed by atoms with Crippen LogP contribution in [0.3, 0.4) is 0 Å². The Morgan fingerprint density at radius 3 is 2.92 bits per heavy atom. The largest absolute Gasteiger partial charge is 0.388 e. The fourth-order valence-electron chi connectivity index (χ4n) is 1.05. The smallest absolute Gasteiger partial charge is 0.0802 e. The number of nitrogens with one attached hydrogen (secondary N) is 1. The van der Waals surface area contributed by atoms with Crippen LogP contribution >= 0.6 is 0 Å². The molecule has 1 aromatic rings. The predicted molar refractivity (Wildman–Crippen MR) is 49.9 cm³/mol. The molecule has 0 radical (unpaired) electrons. The van der Waals surface area contributed by atoms with Gasteiger partial charge in [0.15, 0.2) is 0 Å². The molecule has 0 saturated heterocycles. The average molecular weight is 168 g/mol. The molecule has 2 N–H and O–H groups in total. The minimum atomic E-state index is -2.13. The summed E-state index contributed by atoms with van der Waals surface area (Å²) in [6.07, 6.45) is -0.219. The first-order valence-corrected chi connectivity index (χ1v) is 3.97. The van der Waals surface area contributed by atoms with Crippen LogP contribution in [-0.4, -0.2) is 18.6 Å². The number of rotatable bonds is 4. The van der Waals surface area contributed by atoms with Crippen molar-refractivity contribution in [2.24, 2.45) is 0 Å².